The Hall–Kier alpha value is -0.360. The van der Waals surface area contributed by atoms with E-state index in [4.69, 9.17) is 12.2 Å². The van der Waals surface area contributed by atoms with E-state index < -0.39 is 9.84 Å². The van der Waals surface area contributed by atoms with Crippen LogP contribution < -0.4 is 5.32 Å². The molecule has 0 bridgehead atoms. The largest absolute Gasteiger partial charge is 0.357 e. The van der Waals surface area contributed by atoms with Crippen LogP contribution >= 0.6 is 12.2 Å². The molecule has 2 heterocycles. The molecule has 0 unspecified atom stereocenters. The number of sulfone groups is 1. The zero-order chi connectivity index (χ0) is 11.1. The summed E-state index contributed by atoms with van der Waals surface area (Å²) in [5.74, 6) is 0.495. The molecule has 86 valence electrons. The summed E-state index contributed by atoms with van der Waals surface area (Å²) in [7, 11) is -2.85. The number of hydrogen-bond acceptors (Lipinski definition) is 3. The normalized spacial score (nSPS) is 32.9. The number of fused-ring (bicyclic) bond motifs is 1. The highest BCUT2D eigenvalue weighted by molar-refractivity contribution is 7.91. The molecule has 0 amide bonds. The van der Waals surface area contributed by atoms with Crippen LogP contribution in [0.15, 0.2) is 0 Å². The molecule has 2 atom stereocenters. The van der Waals surface area contributed by atoms with Crippen molar-refractivity contribution in [1.82, 2.24) is 10.2 Å². The van der Waals surface area contributed by atoms with Crippen molar-refractivity contribution in [3.63, 3.8) is 0 Å². The summed E-state index contributed by atoms with van der Waals surface area (Å²) in [6.07, 6.45) is 2.16. The lowest BCUT2D eigenvalue weighted by molar-refractivity contribution is 0.349. The minimum absolute atomic E-state index is 0.0272. The maximum Gasteiger partial charge on any atom is 0.169 e. The van der Waals surface area contributed by atoms with Gasteiger partial charge in [0.05, 0.1) is 23.6 Å². The van der Waals surface area contributed by atoms with Gasteiger partial charge in [0.1, 0.15) is 0 Å². The first-order valence-electron chi connectivity index (χ1n) is 5.31. The predicted octanol–water partition coefficient (Wildman–Crippen LogP) is 0.142. The molecule has 15 heavy (non-hydrogen) atoms. The van der Waals surface area contributed by atoms with Crippen LogP contribution in [0.1, 0.15) is 19.8 Å². The monoisotopic (exact) mass is 248 g/mol. The summed E-state index contributed by atoms with van der Waals surface area (Å²) >= 11 is 5.20. The van der Waals surface area contributed by atoms with Crippen molar-refractivity contribution in [3.8, 4) is 0 Å². The van der Waals surface area contributed by atoms with Crippen molar-refractivity contribution in [3.05, 3.63) is 0 Å². The molecule has 0 radical (unpaired) electrons. The van der Waals surface area contributed by atoms with E-state index in [1.807, 2.05) is 4.90 Å². The molecule has 2 aliphatic rings. The molecular weight excluding hydrogens is 232 g/mol. The lowest BCUT2D eigenvalue weighted by atomic mass is 10.2. The molecule has 0 aromatic carbocycles. The molecule has 0 spiro atoms. The summed E-state index contributed by atoms with van der Waals surface area (Å²) in [6, 6.07) is 0.105. The first kappa shape index (κ1) is 11.1. The molecule has 2 saturated heterocycles. The molecule has 2 fully saturated rings. The van der Waals surface area contributed by atoms with Gasteiger partial charge in [-0.25, -0.2) is 8.42 Å². The van der Waals surface area contributed by atoms with E-state index in [9.17, 15) is 8.42 Å². The smallest absolute Gasteiger partial charge is 0.169 e. The quantitative estimate of drug-likeness (QED) is 0.720. The highest BCUT2D eigenvalue weighted by Gasteiger charge is 2.46. The molecule has 1 N–H and O–H groups in total. The van der Waals surface area contributed by atoms with Crippen LogP contribution in [0.3, 0.4) is 0 Å². The Morgan fingerprint density at radius 2 is 2.27 bits per heavy atom. The number of nitrogens with zero attached hydrogens (tertiary/aromatic N) is 1. The lowest BCUT2D eigenvalue weighted by Gasteiger charge is -2.22. The first-order valence-corrected chi connectivity index (χ1v) is 7.54. The van der Waals surface area contributed by atoms with Gasteiger partial charge in [-0.15, -0.1) is 0 Å². The Kier molecular flexibility index (Phi) is 2.89. The van der Waals surface area contributed by atoms with E-state index >= 15 is 0 Å². The molecule has 4 nitrogen and oxygen atoms in total. The fraction of sp³-hybridized carbons (Fsp3) is 0.889. The maximum atomic E-state index is 11.5. The number of rotatable bonds is 3. The molecule has 2 aliphatic heterocycles. The van der Waals surface area contributed by atoms with Crippen molar-refractivity contribution in [2.45, 2.75) is 31.8 Å². The highest BCUT2D eigenvalue weighted by Crippen LogP contribution is 2.24. The van der Waals surface area contributed by atoms with Crippen molar-refractivity contribution in [1.29, 1.82) is 0 Å². The summed E-state index contributed by atoms with van der Waals surface area (Å²) < 4.78 is 22.9. The van der Waals surface area contributed by atoms with E-state index in [0.29, 0.717) is 0 Å². The van der Waals surface area contributed by atoms with Gasteiger partial charge in [-0.05, 0) is 18.6 Å². The minimum atomic E-state index is -2.85. The Bertz CT molecular complexity index is 366. The van der Waals surface area contributed by atoms with Gasteiger partial charge in [0, 0.05) is 6.54 Å². The van der Waals surface area contributed by atoms with Crippen LogP contribution in [0.5, 0.6) is 0 Å². The molecule has 0 saturated carbocycles. The zero-order valence-corrected chi connectivity index (χ0v) is 10.4. The molecular formula is C9H16N2O2S2. The molecule has 6 heteroatoms. The van der Waals surface area contributed by atoms with Crippen molar-refractivity contribution in [2.75, 3.05) is 18.1 Å². The SMILES string of the molecule is CCCCN1C(=S)N[C@@H]2CS(=O)(=O)C[C@H]21. The highest BCUT2D eigenvalue weighted by atomic mass is 32.2. The fourth-order valence-electron chi connectivity index (χ4n) is 2.26. The van der Waals surface area contributed by atoms with Gasteiger partial charge in [-0.2, -0.15) is 0 Å². The van der Waals surface area contributed by atoms with E-state index in [2.05, 4.69) is 12.2 Å². The second kappa shape index (κ2) is 3.90. The third-order valence-electron chi connectivity index (χ3n) is 3.05. The summed E-state index contributed by atoms with van der Waals surface area (Å²) in [5.41, 5.74) is 0. The molecule has 2 rings (SSSR count). The number of thiocarbonyl (C=S) groups is 1. The van der Waals surface area contributed by atoms with Crippen molar-refractivity contribution < 1.29 is 8.42 Å². The van der Waals surface area contributed by atoms with Gasteiger partial charge in [-0.3, -0.25) is 0 Å². The van der Waals surface area contributed by atoms with Crippen LogP contribution in [-0.4, -0.2) is 48.6 Å². The molecule has 0 aromatic rings. The van der Waals surface area contributed by atoms with E-state index in [1.54, 1.807) is 0 Å². The predicted molar refractivity (Wildman–Crippen MR) is 63.6 cm³/mol. The first-order chi connectivity index (χ1) is 7.03. The molecule has 0 aromatic heterocycles. The second-order valence-corrected chi connectivity index (χ2v) is 6.79. The van der Waals surface area contributed by atoms with Gasteiger partial charge in [0.25, 0.3) is 0 Å². The van der Waals surface area contributed by atoms with E-state index in [-0.39, 0.29) is 23.6 Å². The minimum Gasteiger partial charge on any atom is -0.357 e. The Balaban J connectivity index is 2.09. The van der Waals surface area contributed by atoms with Gasteiger partial charge >= 0.3 is 0 Å². The van der Waals surface area contributed by atoms with Crippen LogP contribution in [0.4, 0.5) is 0 Å². The van der Waals surface area contributed by atoms with E-state index in [0.717, 1.165) is 24.5 Å². The average molecular weight is 248 g/mol. The van der Waals surface area contributed by atoms with Crippen LogP contribution in [-0.2, 0) is 9.84 Å². The second-order valence-electron chi connectivity index (χ2n) is 4.25. The van der Waals surface area contributed by atoms with Gasteiger partial charge < -0.3 is 10.2 Å². The van der Waals surface area contributed by atoms with Crippen LogP contribution in [0.2, 0.25) is 0 Å². The Morgan fingerprint density at radius 3 is 2.93 bits per heavy atom. The van der Waals surface area contributed by atoms with Gasteiger partial charge in [-0.1, -0.05) is 13.3 Å². The summed E-state index contributed by atoms with van der Waals surface area (Å²) in [5, 5.41) is 3.84. The van der Waals surface area contributed by atoms with Crippen molar-refractivity contribution in [2.24, 2.45) is 0 Å². The Morgan fingerprint density at radius 1 is 1.53 bits per heavy atom. The Labute approximate surface area is 95.9 Å². The molecule has 0 aliphatic carbocycles. The third-order valence-corrected chi connectivity index (χ3v) is 5.11. The third kappa shape index (κ3) is 2.10. The standard InChI is InChI=1S/C9H16N2O2S2/c1-2-3-4-11-8-6-15(12,13)5-7(8)10-9(11)14/h7-8H,2-6H2,1H3,(H,10,14)/t7-,8-/m1/s1. The zero-order valence-electron chi connectivity index (χ0n) is 8.77. The number of hydrogen-bond donors (Lipinski definition) is 1. The van der Waals surface area contributed by atoms with E-state index in [1.165, 1.54) is 0 Å². The number of unbranched alkanes of at least 4 members (excludes halogenated alkanes) is 1. The van der Waals surface area contributed by atoms with Gasteiger partial charge in [0.15, 0.2) is 14.9 Å². The van der Waals surface area contributed by atoms with Crippen molar-refractivity contribution >= 4 is 27.2 Å². The fourth-order valence-corrected chi connectivity index (χ4v) is 4.56. The van der Waals surface area contributed by atoms with Crippen LogP contribution in [0, 0.1) is 0 Å². The van der Waals surface area contributed by atoms with Gasteiger partial charge in [0.2, 0.25) is 0 Å². The summed E-state index contributed by atoms with van der Waals surface area (Å²) in [4.78, 5) is 2.05. The summed E-state index contributed by atoms with van der Waals surface area (Å²) in [6.45, 7) is 2.99. The average Bonchev–Trinajstić information content (AvgIpc) is 2.54. The maximum absolute atomic E-state index is 11.5. The number of nitrogens with one attached hydrogen (secondary N) is 1. The lowest BCUT2D eigenvalue weighted by Crippen LogP contribution is -2.37. The topological polar surface area (TPSA) is 49.4 Å². The van der Waals surface area contributed by atoms with Crippen LogP contribution in [0.25, 0.3) is 0 Å².